The third-order valence-corrected chi connectivity index (χ3v) is 4.68. The standard InChI is InChI=1S/C13H23N3O4S/c1-19-9-10-20-8-4-6-14-21(17,18)13-11-16-7-3-2-5-12(16)15-13/h11,14H,2-10H2,1H3. The van der Waals surface area contributed by atoms with E-state index in [2.05, 4.69) is 9.71 Å². The fraction of sp³-hybridized carbons (Fsp3) is 0.769. The predicted molar refractivity (Wildman–Crippen MR) is 77.7 cm³/mol. The molecule has 0 saturated heterocycles. The Kier molecular flexibility index (Phi) is 6.16. The molecule has 0 aliphatic carbocycles. The van der Waals surface area contributed by atoms with Crippen LogP contribution in [-0.2, 0) is 32.5 Å². The Labute approximate surface area is 125 Å². The molecule has 1 aromatic rings. The van der Waals surface area contributed by atoms with Gasteiger partial charge < -0.3 is 14.0 Å². The summed E-state index contributed by atoms with van der Waals surface area (Å²) in [5.74, 6) is 0.865. The van der Waals surface area contributed by atoms with Crippen molar-refractivity contribution in [2.24, 2.45) is 0 Å². The van der Waals surface area contributed by atoms with Gasteiger partial charge in [0.2, 0.25) is 0 Å². The first-order chi connectivity index (χ1) is 10.1. The molecule has 2 rings (SSSR count). The number of hydrogen-bond donors (Lipinski definition) is 1. The number of aryl methyl sites for hydroxylation is 2. The minimum Gasteiger partial charge on any atom is -0.382 e. The predicted octanol–water partition coefficient (Wildman–Crippen LogP) is 0.551. The molecule has 21 heavy (non-hydrogen) atoms. The minimum absolute atomic E-state index is 0.125. The third-order valence-electron chi connectivity index (χ3n) is 3.35. The average molecular weight is 317 g/mol. The maximum atomic E-state index is 12.1. The third kappa shape index (κ3) is 4.77. The second-order valence-corrected chi connectivity index (χ2v) is 6.72. The monoisotopic (exact) mass is 317 g/mol. The van der Waals surface area contributed by atoms with Gasteiger partial charge in [0, 0.05) is 39.4 Å². The van der Waals surface area contributed by atoms with Crippen LogP contribution in [0.25, 0.3) is 0 Å². The lowest BCUT2D eigenvalue weighted by atomic mass is 10.2. The Morgan fingerprint density at radius 3 is 2.95 bits per heavy atom. The SMILES string of the molecule is COCCOCCCNS(=O)(=O)c1cn2c(n1)CCCC2. The quantitative estimate of drug-likeness (QED) is 0.673. The lowest BCUT2D eigenvalue weighted by Crippen LogP contribution is -2.26. The van der Waals surface area contributed by atoms with Crippen molar-refractivity contribution in [2.45, 2.75) is 37.3 Å². The van der Waals surface area contributed by atoms with E-state index in [0.717, 1.165) is 31.6 Å². The smallest absolute Gasteiger partial charge is 0.259 e. The summed E-state index contributed by atoms with van der Waals surface area (Å²) in [5.41, 5.74) is 0. The van der Waals surface area contributed by atoms with Gasteiger partial charge in [-0.2, -0.15) is 0 Å². The van der Waals surface area contributed by atoms with Gasteiger partial charge in [-0.15, -0.1) is 0 Å². The molecule has 0 saturated carbocycles. The topological polar surface area (TPSA) is 82.5 Å². The molecule has 8 heteroatoms. The van der Waals surface area contributed by atoms with E-state index >= 15 is 0 Å². The van der Waals surface area contributed by atoms with Crippen molar-refractivity contribution in [1.82, 2.24) is 14.3 Å². The van der Waals surface area contributed by atoms with Crippen molar-refractivity contribution in [1.29, 1.82) is 0 Å². The Bertz CT molecular complexity index is 518. The zero-order chi connectivity index (χ0) is 15.1. The molecule has 0 fully saturated rings. The number of imidazole rings is 1. The van der Waals surface area contributed by atoms with Gasteiger partial charge in [-0.05, 0) is 19.3 Å². The Morgan fingerprint density at radius 2 is 2.19 bits per heavy atom. The van der Waals surface area contributed by atoms with E-state index in [9.17, 15) is 8.42 Å². The number of fused-ring (bicyclic) bond motifs is 1. The maximum absolute atomic E-state index is 12.1. The Hall–Kier alpha value is -0.960. The van der Waals surface area contributed by atoms with E-state index in [1.165, 1.54) is 0 Å². The number of rotatable bonds is 9. The van der Waals surface area contributed by atoms with Crippen LogP contribution >= 0.6 is 0 Å². The van der Waals surface area contributed by atoms with E-state index in [0.29, 0.717) is 32.8 Å². The summed E-state index contributed by atoms with van der Waals surface area (Å²) in [5, 5.41) is 0.125. The number of aromatic nitrogens is 2. The summed E-state index contributed by atoms with van der Waals surface area (Å²) < 4.78 is 38.9. The molecule has 2 heterocycles. The van der Waals surface area contributed by atoms with Gasteiger partial charge in [-0.1, -0.05) is 0 Å². The van der Waals surface area contributed by atoms with Crippen LogP contribution < -0.4 is 4.72 Å². The van der Waals surface area contributed by atoms with Gasteiger partial charge in [0.1, 0.15) is 5.82 Å². The summed E-state index contributed by atoms with van der Waals surface area (Å²) in [6, 6.07) is 0. The van der Waals surface area contributed by atoms with E-state index < -0.39 is 10.0 Å². The van der Waals surface area contributed by atoms with Crippen molar-refractivity contribution >= 4 is 10.0 Å². The highest BCUT2D eigenvalue weighted by atomic mass is 32.2. The molecule has 0 aromatic carbocycles. The van der Waals surface area contributed by atoms with Crippen molar-refractivity contribution in [3.63, 3.8) is 0 Å². The zero-order valence-electron chi connectivity index (χ0n) is 12.4. The highest BCUT2D eigenvalue weighted by Crippen LogP contribution is 2.17. The van der Waals surface area contributed by atoms with Gasteiger partial charge in [0.15, 0.2) is 5.03 Å². The van der Waals surface area contributed by atoms with Crippen LogP contribution in [0.15, 0.2) is 11.2 Å². The fourth-order valence-electron chi connectivity index (χ4n) is 2.21. The summed E-state index contributed by atoms with van der Waals surface area (Å²) in [7, 11) is -1.90. The molecule has 120 valence electrons. The number of methoxy groups -OCH3 is 1. The molecule has 1 aromatic heterocycles. The van der Waals surface area contributed by atoms with Crippen LogP contribution in [0, 0.1) is 0 Å². The number of hydrogen-bond acceptors (Lipinski definition) is 5. The Balaban J connectivity index is 1.78. The van der Waals surface area contributed by atoms with Crippen LogP contribution in [0.2, 0.25) is 0 Å². The largest absolute Gasteiger partial charge is 0.382 e. The van der Waals surface area contributed by atoms with Gasteiger partial charge in [-0.25, -0.2) is 18.1 Å². The fourth-order valence-corrected chi connectivity index (χ4v) is 3.27. The minimum atomic E-state index is -3.51. The number of sulfonamides is 1. The normalized spacial score (nSPS) is 15.1. The van der Waals surface area contributed by atoms with Crippen LogP contribution in [0.5, 0.6) is 0 Å². The molecular formula is C13H23N3O4S. The molecule has 0 spiro atoms. The summed E-state index contributed by atoms with van der Waals surface area (Å²) in [4.78, 5) is 4.23. The lowest BCUT2D eigenvalue weighted by molar-refractivity contribution is 0.0699. The van der Waals surface area contributed by atoms with Crippen molar-refractivity contribution in [3.05, 3.63) is 12.0 Å². The summed E-state index contributed by atoms with van der Waals surface area (Å²) in [6.07, 6.45) is 5.25. The summed E-state index contributed by atoms with van der Waals surface area (Å²) >= 11 is 0. The van der Waals surface area contributed by atoms with Crippen LogP contribution in [-0.4, -0.2) is 51.4 Å². The van der Waals surface area contributed by atoms with Crippen molar-refractivity contribution < 1.29 is 17.9 Å². The number of nitrogens with zero attached hydrogens (tertiary/aromatic N) is 2. The van der Waals surface area contributed by atoms with Gasteiger partial charge in [-0.3, -0.25) is 0 Å². The lowest BCUT2D eigenvalue weighted by Gasteiger charge is -2.11. The first-order valence-corrected chi connectivity index (χ1v) is 8.74. The number of ether oxygens (including phenoxy) is 2. The van der Waals surface area contributed by atoms with Crippen molar-refractivity contribution in [2.75, 3.05) is 33.5 Å². The molecule has 0 bridgehead atoms. The molecule has 1 aliphatic heterocycles. The highest BCUT2D eigenvalue weighted by molar-refractivity contribution is 7.89. The molecule has 0 atom stereocenters. The second-order valence-electron chi connectivity index (χ2n) is 5.00. The second kappa shape index (κ2) is 7.88. The van der Waals surface area contributed by atoms with Crippen LogP contribution in [0.4, 0.5) is 0 Å². The molecular weight excluding hydrogens is 294 g/mol. The molecule has 0 radical (unpaired) electrons. The van der Waals surface area contributed by atoms with Gasteiger partial charge in [0.05, 0.1) is 13.2 Å². The van der Waals surface area contributed by atoms with E-state index in [-0.39, 0.29) is 5.03 Å². The molecule has 1 aliphatic rings. The molecule has 1 N–H and O–H groups in total. The van der Waals surface area contributed by atoms with Gasteiger partial charge >= 0.3 is 0 Å². The first kappa shape index (κ1) is 16.4. The highest BCUT2D eigenvalue weighted by Gasteiger charge is 2.21. The maximum Gasteiger partial charge on any atom is 0.259 e. The average Bonchev–Trinajstić information content (AvgIpc) is 2.91. The van der Waals surface area contributed by atoms with Crippen LogP contribution in [0.3, 0.4) is 0 Å². The number of nitrogens with one attached hydrogen (secondary N) is 1. The van der Waals surface area contributed by atoms with E-state index in [1.807, 2.05) is 4.57 Å². The van der Waals surface area contributed by atoms with Gasteiger partial charge in [0.25, 0.3) is 10.0 Å². The first-order valence-electron chi connectivity index (χ1n) is 7.26. The molecule has 0 unspecified atom stereocenters. The van der Waals surface area contributed by atoms with E-state index in [4.69, 9.17) is 9.47 Å². The van der Waals surface area contributed by atoms with Crippen LogP contribution in [0.1, 0.15) is 25.1 Å². The molecule has 7 nitrogen and oxygen atoms in total. The molecule has 0 amide bonds. The van der Waals surface area contributed by atoms with E-state index in [1.54, 1.807) is 13.3 Å². The Morgan fingerprint density at radius 1 is 1.33 bits per heavy atom. The van der Waals surface area contributed by atoms with Crippen molar-refractivity contribution in [3.8, 4) is 0 Å². The zero-order valence-corrected chi connectivity index (χ0v) is 13.2. The summed E-state index contributed by atoms with van der Waals surface area (Å²) in [6.45, 7) is 2.78.